The molecule has 3 nitrogen and oxygen atoms in total. The SMILES string of the molecule is O=C(C1SCCc2ccccc21)N1CCC(O)CC1. The van der Waals surface area contributed by atoms with Gasteiger partial charge in [0, 0.05) is 13.1 Å². The van der Waals surface area contributed by atoms with Crippen molar-refractivity contribution in [3.63, 3.8) is 0 Å². The maximum Gasteiger partial charge on any atom is 0.240 e. The van der Waals surface area contributed by atoms with Crippen molar-refractivity contribution < 1.29 is 9.90 Å². The van der Waals surface area contributed by atoms with E-state index in [1.165, 1.54) is 11.1 Å². The number of carbonyl (C=O) groups is 1. The third kappa shape index (κ3) is 2.65. The van der Waals surface area contributed by atoms with Crippen LogP contribution in [0.1, 0.15) is 29.2 Å². The Balaban J connectivity index is 1.78. The number of aliphatic hydroxyl groups is 1. The van der Waals surface area contributed by atoms with Gasteiger partial charge in [-0.3, -0.25) is 4.79 Å². The molecule has 0 saturated carbocycles. The van der Waals surface area contributed by atoms with Crippen molar-refractivity contribution in [2.24, 2.45) is 0 Å². The number of hydrogen-bond acceptors (Lipinski definition) is 3. The molecule has 1 atom stereocenters. The van der Waals surface area contributed by atoms with Crippen LogP contribution in [-0.2, 0) is 11.2 Å². The quantitative estimate of drug-likeness (QED) is 0.853. The van der Waals surface area contributed by atoms with Gasteiger partial charge in [-0.1, -0.05) is 24.3 Å². The van der Waals surface area contributed by atoms with Crippen LogP contribution in [0, 0.1) is 0 Å². The number of carbonyl (C=O) groups excluding carboxylic acids is 1. The first-order valence-electron chi connectivity index (χ1n) is 6.92. The Kier molecular flexibility index (Phi) is 3.80. The average Bonchev–Trinajstić information content (AvgIpc) is 2.47. The van der Waals surface area contributed by atoms with Crippen molar-refractivity contribution >= 4 is 17.7 Å². The Labute approximate surface area is 118 Å². The molecule has 0 aromatic heterocycles. The zero-order chi connectivity index (χ0) is 13.2. The molecule has 1 fully saturated rings. The summed E-state index contributed by atoms with van der Waals surface area (Å²) in [7, 11) is 0. The van der Waals surface area contributed by atoms with E-state index in [1.807, 2.05) is 17.0 Å². The second-order valence-corrected chi connectivity index (χ2v) is 6.47. The van der Waals surface area contributed by atoms with Gasteiger partial charge in [0.25, 0.3) is 0 Å². The summed E-state index contributed by atoms with van der Waals surface area (Å²) in [5.41, 5.74) is 2.51. The van der Waals surface area contributed by atoms with E-state index in [4.69, 9.17) is 0 Å². The highest BCUT2D eigenvalue weighted by Gasteiger charge is 2.32. The molecule has 1 unspecified atom stereocenters. The second-order valence-electron chi connectivity index (χ2n) is 5.26. The Hall–Kier alpha value is -1.00. The zero-order valence-electron chi connectivity index (χ0n) is 10.9. The molecule has 2 aliphatic rings. The van der Waals surface area contributed by atoms with Crippen LogP contribution in [0.5, 0.6) is 0 Å². The first-order chi connectivity index (χ1) is 9.25. The van der Waals surface area contributed by atoms with Crippen LogP contribution in [0.25, 0.3) is 0 Å². The summed E-state index contributed by atoms with van der Waals surface area (Å²) < 4.78 is 0. The number of nitrogens with zero attached hydrogens (tertiary/aromatic N) is 1. The van der Waals surface area contributed by atoms with Crippen LogP contribution in [0.15, 0.2) is 24.3 Å². The third-order valence-electron chi connectivity index (χ3n) is 3.99. The normalized spacial score (nSPS) is 24.1. The van der Waals surface area contributed by atoms with Crippen molar-refractivity contribution in [1.29, 1.82) is 0 Å². The first kappa shape index (κ1) is 13.0. The molecule has 1 amide bonds. The molecule has 0 aliphatic carbocycles. The number of benzene rings is 1. The van der Waals surface area contributed by atoms with Gasteiger partial charge in [0.1, 0.15) is 5.25 Å². The van der Waals surface area contributed by atoms with Gasteiger partial charge >= 0.3 is 0 Å². The molecule has 4 heteroatoms. The molecule has 0 bridgehead atoms. The maximum atomic E-state index is 12.6. The molecular weight excluding hydrogens is 258 g/mol. The van der Waals surface area contributed by atoms with Crippen molar-refractivity contribution in [1.82, 2.24) is 4.90 Å². The summed E-state index contributed by atoms with van der Waals surface area (Å²) in [5, 5.41) is 9.49. The number of rotatable bonds is 1. The number of hydrogen-bond donors (Lipinski definition) is 1. The Morgan fingerprint density at radius 2 is 2.00 bits per heavy atom. The van der Waals surface area contributed by atoms with E-state index in [9.17, 15) is 9.90 Å². The first-order valence-corrected chi connectivity index (χ1v) is 7.97. The van der Waals surface area contributed by atoms with Crippen LogP contribution < -0.4 is 0 Å². The molecule has 1 saturated heterocycles. The predicted octanol–water partition coefficient (Wildman–Crippen LogP) is 2.00. The van der Waals surface area contributed by atoms with Crippen molar-refractivity contribution in [3.05, 3.63) is 35.4 Å². The highest BCUT2D eigenvalue weighted by molar-refractivity contribution is 8.00. The number of likely N-dealkylation sites (tertiary alicyclic amines) is 1. The highest BCUT2D eigenvalue weighted by Crippen LogP contribution is 2.38. The summed E-state index contributed by atoms with van der Waals surface area (Å²) in [6.07, 6.45) is 2.26. The van der Waals surface area contributed by atoms with Gasteiger partial charge in [0.15, 0.2) is 0 Å². The molecule has 2 aliphatic heterocycles. The molecule has 0 spiro atoms. The van der Waals surface area contributed by atoms with Crippen LogP contribution in [0.4, 0.5) is 0 Å². The lowest BCUT2D eigenvalue weighted by molar-refractivity contribution is -0.132. The lowest BCUT2D eigenvalue weighted by Gasteiger charge is -2.34. The number of fused-ring (bicyclic) bond motifs is 1. The summed E-state index contributed by atoms with van der Waals surface area (Å²) in [6.45, 7) is 1.39. The second kappa shape index (κ2) is 5.55. The topological polar surface area (TPSA) is 40.5 Å². The van der Waals surface area contributed by atoms with Crippen LogP contribution in [-0.4, -0.2) is 40.9 Å². The van der Waals surface area contributed by atoms with Gasteiger partial charge in [0.05, 0.1) is 6.10 Å². The number of aryl methyl sites for hydroxylation is 1. The number of aliphatic hydroxyl groups excluding tert-OH is 1. The van der Waals surface area contributed by atoms with Gasteiger partial charge in [0.2, 0.25) is 5.91 Å². The molecule has 19 heavy (non-hydrogen) atoms. The molecule has 102 valence electrons. The number of thioether (sulfide) groups is 1. The fourth-order valence-corrected chi connectivity index (χ4v) is 4.13. The fourth-order valence-electron chi connectivity index (χ4n) is 2.85. The van der Waals surface area contributed by atoms with Crippen molar-refractivity contribution in [2.75, 3.05) is 18.8 Å². The standard InChI is InChI=1S/C15H19NO2S/c17-12-5-8-16(9-6-12)15(18)14-13-4-2-1-3-11(13)7-10-19-14/h1-4,12,14,17H,5-10H2. The minimum absolute atomic E-state index is 0.0415. The Morgan fingerprint density at radius 1 is 1.26 bits per heavy atom. The smallest absolute Gasteiger partial charge is 0.240 e. The van der Waals surface area contributed by atoms with Gasteiger partial charge in [-0.25, -0.2) is 0 Å². The lowest BCUT2D eigenvalue weighted by atomic mass is 10.00. The van der Waals surface area contributed by atoms with E-state index >= 15 is 0 Å². The monoisotopic (exact) mass is 277 g/mol. The predicted molar refractivity (Wildman–Crippen MR) is 77.2 cm³/mol. The third-order valence-corrected chi connectivity index (χ3v) is 5.22. The van der Waals surface area contributed by atoms with Gasteiger partial charge in [-0.05, 0) is 36.1 Å². The van der Waals surface area contributed by atoms with E-state index < -0.39 is 0 Å². The highest BCUT2D eigenvalue weighted by atomic mass is 32.2. The summed E-state index contributed by atoms with van der Waals surface area (Å²) in [6, 6.07) is 8.29. The fraction of sp³-hybridized carbons (Fsp3) is 0.533. The van der Waals surface area contributed by atoms with Crippen molar-refractivity contribution in [3.8, 4) is 0 Å². The van der Waals surface area contributed by atoms with E-state index in [1.54, 1.807) is 11.8 Å². The minimum Gasteiger partial charge on any atom is -0.393 e. The van der Waals surface area contributed by atoms with Gasteiger partial charge in [-0.2, -0.15) is 0 Å². The maximum absolute atomic E-state index is 12.6. The molecule has 2 heterocycles. The molecule has 0 radical (unpaired) electrons. The Bertz CT molecular complexity index is 469. The minimum atomic E-state index is -0.227. The average molecular weight is 277 g/mol. The summed E-state index contributed by atoms with van der Waals surface area (Å²) in [5.74, 6) is 1.24. The largest absolute Gasteiger partial charge is 0.393 e. The van der Waals surface area contributed by atoms with E-state index in [0.29, 0.717) is 25.9 Å². The van der Waals surface area contributed by atoms with E-state index in [-0.39, 0.29) is 17.3 Å². The van der Waals surface area contributed by atoms with Gasteiger partial charge < -0.3 is 10.0 Å². The van der Waals surface area contributed by atoms with Crippen LogP contribution in [0.3, 0.4) is 0 Å². The van der Waals surface area contributed by atoms with Crippen LogP contribution >= 0.6 is 11.8 Å². The molecule has 1 aromatic rings. The van der Waals surface area contributed by atoms with E-state index in [0.717, 1.165) is 12.2 Å². The zero-order valence-corrected chi connectivity index (χ0v) is 11.7. The van der Waals surface area contributed by atoms with Crippen molar-refractivity contribution in [2.45, 2.75) is 30.6 Å². The lowest BCUT2D eigenvalue weighted by Crippen LogP contribution is -2.42. The molecular formula is C15H19NO2S. The molecule has 1 N–H and O–H groups in total. The van der Waals surface area contributed by atoms with E-state index in [2.05, 4.69) is 12.1 Å². The van der Waals surface area contributed by atoms with Gasteiger partial charge in [-0.15, -0.1) is 11.8 Å². The van der Waals surface area contributed by atoms with Crippen LogP contribution in [0.2, 0.25) is 0 Å². The summed E-state index contributed by atoms with van der Waals surface area (Å²) in [4.78, 5) is 14.6. The Morgan fingerprint density at radius 3 is 2.79 bits per heavy atom. The summed E-state index contributed by atoms with van der Waals surface area (Å²) >= 11 is 1.75. The number of amides is 1. The molecule has 3 rings (SSSR count). The molecule has 1 aromatic carbocycles. The number of piperidine rings is 1.